The van der Waals surface area contributed by atoms with Crippen molar-refractivity contribution in [2.45, 2.75) is 84.8 Å². The molecule has 1 N–H and O–H groups in total. The Kier molecular flexibility index (Phi) is 5.40. The van der Waals surface area contributed by atoms with Crippen molar-refractivity contribution in [3.05, 3.63) is 58.7 Å². The first kappa shape index (κ1) is 21.9. The van der Waals surface area contributed by atoms with Crippen molar-refractivity contribution >= 4 is 5.97 Å². The Hall–Kier alpha value is -1.87. The van der Waals surface area contributed by atoms with Gasteiger partial charge in [-0.05, 0) is 78.9 Å². The van der Waals surface area contributed by atoms with E-state index < -0.39 is 17.6 Å². The maximum atomic E-state index is 13.7. The first-order valence-electron chi connectivity index (χ1n) is 12.6. The van der Waals surface area contributed by atoms with Crippen LogP contribution in [0.2, 0.25) is 0 Å². The summed E-state index contributed by atoms with van der Waals surface area (Å²) in [5.41, 5.74) is 4.72. The minimum Gasteiger partial charge on any atom is -0.458 e. The van der Waals surface area contributed by atoms with Gasteiger partial charge < -0.3 is 9.84 Å². The number of rotatable bonds is 3. The number of hydrogen-bond donors (Lipinski definition) is 1. The molecule has 0 aromatic heterocycles. The van der Waals surface area contributed by atoms with Crippen LogP contribution in [0.5, 0.6) is 0 Å². The molecule has 0 radical (unpaired) electrons. The second kappa shape index (κ2) is 7.87. The smallest absolute Gasteiger partial charge is 0.312 e. The normalized spacial score (nSPS) is 38.3. The van der Waals surface area contributed by atoms with Crippen molar-refractivity contribution in [3.8, 4) is 0 Å². The Morgan fingerprint density at radius 2 is 1.97 bits per heavy atom. The summed E-state index contributed by atoms with van der Waals surface area (Å²) >= 11 is 0. The van der Waals surface area contributed by atoms with E-state index in [2.05, 4.69) is 39.8 Å². The molecule has 3 nitrogen and oxygen atoms in total. The second-order valence-electron chi connectivity index (χ2n) is 11.5. The maximum absolute atomic E-state index is 13.7. The highest BCUT2D eigenvalue weighted by Crippen LogP contribution is 2.62. The molecule has 6 unspecified atom stereocenters. The zero-order chi connectivity index (χ0) is 22.7. The van der Waals surface area contributed by atoms with E-state index in [9.17, 15) is 9.90 Å². The number of ether oxygens (including phenoxy) is 1. The molecule has 0 saturated heterocycles. The van der Waals surface area contributed by atoms with Crippen LogP contribution in [0.25, 0.3) is 0 Å². The van der Waals surface area contributed by atoms with E-state index in [1.807, 2.05) is 24.3 Å². The number of benzene rings is 1. The molecule has 0 amide bonds. The van der Waals surface area contributed by atoms with Crippen LogP contribution in [-0.4, -0.2) is 17.2 Å². The molecule has 4 aliphatic carbocycles. The topological polar surface area (TPSA) is 46.5 Å². The fourth-order valence-electron chi connectivity index (χ4n) is 7.50. The Bertz CT molecular complexity index is 972. The lowest BCUT2D eigenvalue weighted by Gasteiger charge is -2.57. The van der Waals surface area contributed by atoms with Crippen LogP contribution in [0.3, 0.4) is 0 Å². The van der Waals surface area contributed by atoms with Gasteiger partial charge in [0.15, 0.2) is 0 Å². The fraction of sp³-hybridized carbons (Fsp3) is 0.621. The third kappa shape index (κ3) is 3.31. The summed E-state index contributed by atoms with van der Waals surface area (Å²) in [5.74, 6) is 1.34. The van der Waals surface area contributed by atoms with Crippen molar-refractivity contribution in [1.29, 1.82) is 0 Å². The molecule has 172 valence electrons. The fourth-order valence-corrected chi connectivity index (χ4v) is 7.50. The van der Waals surface area contributed by atoms with Crippen molar-refractivity contribution in [1.82, 2.24) is 0 Å². The van der Waals surface area contributed by atoms with Gasteiger partial charge in [-0.3, -0.25) is 4.79 Å². The highest BCUT2D eigenvalue weighted by atomic mass is 16.6. The molecule has 4 aliphatic rings. The second-order valence-corrected chi connectivity index (χ2v) is 11.5. The van der Waals surface area contributed by atoms with Crippen molar-refractivity contribution in [2.24, 2.45) is 28.6 Å². The van der Waals surface area contributed by atoms with Gasteiger partial charge in [-0.1, -0.05) is 69.2 Å². The third-order valence-corrected chi connectivity index (χ3v) is 9.45. The lowest BCUT2D eigenvalue weighted by atomic mass is 9.47. The van der Waals surface area contributed by atoms with Gasteiger partial charge in [0.2, 0.25) is 0 Å². The minimum atomic E-state index is -0.718. The maximum Gasteiger partial charge on any atom is 0.312 e. The molecule has 1 saturated carbocycles. The Morgan fingerprint density at radius 1 is 1.19 bits per heavy atom. The summed E-state index contributed by atoms with van der Waals surface area (Å²) in [5, 5.41) is 10.8. The van der Waals surface area contributed by atoms with Gasteiger partial charge >= 0.3 is 5.97 Å². The number of fused-ring (bicyclic) bond motifs is 4. The molecule has 1 fully saturated rings. The Labute approximate surface area is 192 Å². The quantitative estimate of drug-likeness (QED) is 0.566. The molecule has 1 aromatic rings. The zero-order valence-electron chi connectivity index (χ0n) is 20.1. The zero-order valence-corrected chi connectivity index (χ0v) is 20.1. The average Bonchev–Trinajstić information content (AvgIpc) is 3.08. The van der Waals surface area contributed by atoms with Crippen molar-refractivity contribution < 1.29 is 14.6 Å². The third-order valence-electron chi connectivity index (χ3n) is 9.45. The Morgan fingerprint density at radius 3 is 2.72 bits per heavy atom. The van der Waals surface area contributed by atoms with E-state index in [0.29, 0.717) is 24.2 Å². The number of carbonyl (C=O) groups is 1. The van der Waals surface area contributed by atoms with E-state index in [1.54, 1.807) is 5.57 Å². The van der Waals surface area contributed by atoms with Gasteiger partial charge in [0.05, 0.1) is 5.41 Å². The van der Waals surface area contributed by atoms with E-state index in [4.69, 9.17) is 4.74 Å². The summed E-state index contributed by atoms with van der Waals surface area (Å²) in [6.07, 6.45) is 10.8. The number of carbonyl (C=O) groups excluding carboxylic acids is 1. The summed E-state index contributed by atoms with van der Waals surface area (Å²) in [6.45, 7) is 9.17. The summed E-state index contributed by atoms with van der Waals surface area (Å²) in [4.78, 5) is 13.7. The number of hydrogen-bond acceptors (Lipinski definition) is 3. The minimum absolute atomic E-state index is 0.101. The predicted molar refractivity (Wildman–Crippen MR) is 127 cm³/mol. The van der Waals surface area contributed by atoms with Crippen molar-refractivity contribution in [3.63, 3.8) is 0 Å². The van der Waals surface area contributed by atoms with Crippen molar-refractivity contribution in [2.75, 3.05) is 0 Å². The van der Waals surface area contributed by atoms with Gasteiger partial charge in [0, 0.05) is 6.42 Å². The van der Waals surface area contributed by atoms with Crippen LogP contribution in [0, 0.1) is 28.6 Å². The predicted octanol–water partition coefficient (Wildman–Crippen LogP) is 6.32. The largest absolute Gasteiger partial charge is 0.458 e. The molecule has 0 aliphatic heterocycles. The van der Waals surface area contributed by atoms with E-state index in [0.717, 1.165) is 30.4 Å². The number of aliphatic hydroxyl groups is 1. The number of esters is 1. The average molecular weight is 435 g/mol. The van der Waals surface area contributed by atoms with Crippen LogP contribution in [0.4, 0.5) is 0 Å². The molecular formula is C29H38O3. The molecule has 32 heavy (non-hydrogen) atoms. The first-order valence-corrected chi connectivity index (χ1v) is 12.6. The highest BCUT2D eigenvalue weighted by Gasteiger charge is 2.58. The summed E-state index contributed by atoms with van der Waals surface area (Å²) < 4.78 is 6.11. The van der Waals surface area contributed by atoms with Gasteiger partial charge in [0.1, 0.15) is 12.2 Å². The van der Waals surface area contributed by atoms with E-state index >= 15 is 0 Å². The molecule has 3 heteroatoms. The van der Waals surface area contributed by atoms with Crippen LogP contribution in [0.15, 0.2) is 47.6 Å². The van der Waals surface area contributed by atoms with Gasteiger partial charge in [-0.25, -0.2) is 0 Å². The molecule has 0 heterocycles. The lowest BCUT2D eigenvalue weighted by molar-refractivity contribution is -0.179. The lowest BCUT2D eigenvalue weighted by Crippen LogP contribution is -2.54. The number of allylic oxidation sites excluding steroid dienone is 4. The van der Waals surface area contributed by atoms with Crippen LogP contribution in [-0.2, 0) is 16.0 Å². The monoisotopic (exact) mass is 434 g/mol. The van der Waals surface area contributed by atoms with Gasteiger partial charge in [-0.2, -0.15) is 0 Å². The van der Waals surface area contributed by atoms with Gasteiger partial charge in [-0.15, -0.1) is 0 Å². The molecule has 0 bridgehead atoms. The first-order chi connectivity index (χ1) is 15.2. The molecule has 0 spiro atoms. The summed E-state index contributed by atoms with van der Waals surface area (Å²) in [6, 6.07) is 7.90. The van der Waals surface area contributed by atoms with Gasteiger partial charge in [0.25, 0.3) is 0 Å². The van der Waals surface area contributed by atoms with Crippen LogP contribution in [0.1, 0.15) is 83.5 Å². The molecule has 1 aromatic carbocycles. The Balaban J connectivity index is 1.39. The highest BCUT2D eigenvalue weighted by molar-refractivity contribution is 5.77. The van der Waals surface area contributed by atoms with E-state index in [1.165, 1.54) is 24.8 Å². The van der Waals surface area contributed by atoms with Crippen LogP contribution < -0.4 is 0 Å². The number of aliphatic hydroxyl groups excluding tert-OH is 1. The molecule has 6 atom stereocenters. The molecular weight excluding hydrogens is 396 g/mol. The SMILES string of the molecule is CC(C)C1=CC2=CCC3C(C)(C(=O)OC4Cc5ccccc5C4O)CCCC3(C)C2CC1. The standard InChI is InChI=1S/C29H38O3/c1-18(2)19-10-12-23-21(16-19)11-13-25-28(23,3)14-7-15-29(25,4)27(31)32-24-17-20-8-5-6-9-22(20)26(24)30/h5-6,8-9,11,16,18,23-26,30H,7,10,12-15,17H2,1-4H3. The van der Waals surface area contributed by atoms with Crippen LogP contribution >= 0.6 is 0 Å². The molecule has 5 rings (SSSR count). The van der Waals surface area contributed by atoms with E-state index in [-0.39, 0.29) is 11.4 Å². The summed E-state index contributed by atoms with van der Waals surface area (Å²) in [7, 11) is 0.